The van der Waals surface area contributed by atoms with Gasteiger partial charge in [0.05, 0.1) is 0 Å². The average Bonchev–Trinajstić information content (AvgIpc) is 2.43. The molecule has 1 rings (SSSR count). The molecule has 0 aromatic heterocycles. The van der Waals surface area contributed by atoms with Crippen LogP contribution in [0.1, 0.15) is 52.4 Å². The number of amides is 1. The molecule has 0 heterocycles. The second-order valence-electron chi connectivity index (χ2n) is 7.48. The fourth-order valence-corrected chi connectivity index (χ4v) is 3.27. The molecule has 1 saturated carbocycles. The summed E-state index contributed by atoms with van der Waals surface area (Å²) < 4.78 is 0. The Morgan fingerprint density at radius 2 is 1.73 bits per heavy atom. The average molecular weight is 334 g/mol. The summed E-state index contributed by atoms with van der Waals surface area (Å²) in [5.74, 6) is 0.814. The molecule has 0 unspecified atom stereocenters. The van der Waals surface area contributed by atoms with Crippen molar-refractivity contribution in [2.45, 2.75) is 52.4 Å². The third-order valence-corrected chi connectivity index (χ3v) is 4.63. The molecule has 1 aliphatic carbocycles. The molecule has 4 nitrogen and oxygen atoms in total. The van der Waals surface area contributed by atoms with Gasteiger partial charge in [-0.3, -0.25) is 4.79 Å². The summed E-state index contributed by atoms with van der Waals surface area (Å²) in [5.41, 5.74) is 6.10. The van der Waals surface area contributed by atoms with Crippen LogP contribution in [0.5, 0.6) is 0 Å². The molecule has 0 atom stereocenters. The Morgan fingerprint density at radius 1 is 1.14 bits per heavy atom. The van der Waals surface area contributed by atoms with Gasteiger partial charge in [-0.1, -0.05) is 33.1 Å². The van der Waals surface area contributed by atoms with Crippen LogP contribution in [0.25, 0.3) is 0 Å². The van der Waals surface area contributed by atoms with Crippen molar-refractivity contribution in [1.29, 1.82) is 0 Å². The van der Waals surface area contributed by atoms with Crippen molar-refractivity contribution < 1.29 is 4.79 Å². The molecular formula is C17H36ClN3O. The normalized spacial score (nSPS) is 17.4. The Morgan fingerprint density at radius 3 is 2.18 bits per heavy atom. The molecule has 1 fully saturated rings. The van der Waals surface area contributed by atoms with E-state index in [0.29, 0.717) is 24.8 Å². The van der Waals surface area contributed by atoms with Gasteiger partial charge >= 0.3 is 0 Å². The standard InChI is InChI=1S/C17H35N3O.ClH/c1-15(2)13-20(11-10-19(3)4)16(21)12-17(14-18)8-6-5-7-9-17;/h15H,5-14,18H2,1-4H3;1H. The van der Waals surface area contributed by atoms with Crippen LogP contribution in [-0.4, -0.2) is 56.0 Å². The van der Waals surface area contributed by atoms with E-state index in [2.05, 4.69) is 37.7 Å². The molecule has 5 heteroatoms. The van der Waals surface area contributed by atoms with Crippen LogP contribution in [0.2, 0.25) is 0 Å². The van der Waals surface area contributed by atoms with Gasteiger partial charge in [-0.25, -0.2) is 0 Å². The van der Waals surface area contributed by atoms with Crippen molar-refractivity contribution >= 4 is 18.3 Å². The highest BCUT2D eigenvalue weighted by atomic mass is 35.5. The number of hydrogen-bond donors (Lipinski definition) is 1. The monoisotopic (exact) mass is 333 g/mol. The summed E-state index contributed by atoms with van der Waals surface area (Å²) in [4.78, 5) is 17.0. The van der Waals surface area contributed by atoms with E-state index in [0.717, 1.165) is 32.5 Å². The van der Waals surface area contributed by atoms with Crippen LogP contribution in [-0.2, 0) is 4.79 Å². The first kappa shape index (κ1) is 21.7. The van der Waals surface area contributed by atoms with E-state index in [9.17, 15) is 4.79 Å². The highest BCUT2D eigenvalue weighted by molar-refractivity contribution is 5.85. The number of nitrogens with two attached hydrogens (primary N) is 1. The zero-order chi connectivity index (χ0) is 15.9. The SMILES string of the molecule is CC(C)CN(CCN(C)C)C(=O)CC1(CN)CCCCC1.Cl. The maximum absolute atomic E-state index is 12.8. The molecule has 0 aromatic rings. The molecule has 132 valence electrons. The van der Waals surface area contributed by atoms with Crippen LogP contribution >= 0.6 is 12.4 Å². The summed E-state index contributed by atoms with van der Waals surface area (Å²) in [6, 6.07) is 0. The van der Waals surface area contributed by atoms with Crippen LogP contribution in [0.4, 0.5) is 0 Å². The lowest BCUT2D eigenvalue weighted by atomic mass is 9.71. The molecule has 1 amide bonds. The molecule has 2 N–H and O–H groups in total. The first-order valence-corrected chi connectivity index (χ1v) is 8.51. The Bertz CT molecular complexity index is 315. The molecular weight excluding hydrogens is 298 g/mol. The summed E-state index contributed by atoms with van der Waals surface area (Å²) in [5, 5.41) is 0. The number of carbonyl (C=O) groups is 1. The molecule has 0 radical (unpaired) electrons. The quantitative estimate of drug-likeness (QED) is 0.743. The van der Waals surface area contributed by atoms with Crippen molar-refractivity contribution in [3.05, 3.63) is 0 Å². The zero-order valence-electron chi connectivity index (χ0n) is 14.9. The van der Waals surface area contributed by atoms with E-state index in [1.165, 1.54) is 19.3 Å². The lowest BCUT2D eigenvalue weighted by Crippen LogP contribution is -2.43. The van der Waals surface area contributed by atoms with Gasteiger partial charge in [0.25, 0.3) is 0 Å². The van der Waals surface area contributed by atoms with Gasteiger partial charge in [-0.05, 0) is 44.8 Å². The smallest absolute Gasteiger partial charge is 0.223 e. The van der Waals surface area contributed by atoms with Crippen molar-refractivity contribution in [3.8, 4) is 0 Å². The molecule has 0 aromatic carbocycles. The van der Waals surface area contributed by atoms with E-state index in [1.807, 2.05) is 0 Å². The lowest BCUT2D eigenvalue weighted by Gasteiger charge is -2.38. The molecule has 22 heavy (non-hydrogen) atoms. The third kappa shape index (κ3) is 7.30. The van der Waals surface area contributed by atoms with Crippen molar-refractivity contribution in [2.75, 3.05) is 40.3 Å². The number of rotatable bonds is 8. The Kier molecular flexibility index (Phi) is 10.3. The van der Waals surface area contributed by atoms with Gasteiger partial charge < -0.3 is 15.5 Å². The highest BCUT2D eigenvalue weighted by Crippen LogP contribution is 2.38. The van der Waals surface area contributed by atoms with Crippen LogP contribution < -0.4 is 5.73 Å². The second kappa shape index (κ2) is 10.5. The number of hydrogen-bond acceptors (Lipinski definition) is 3. The minimum Gasteiger partial charge on any atom is -0.341 e. The second-order valence-corrected chi connectivity index (χ2v) is 7.48. The van der Waals surface area contributed by atoms with Crippen LogP contribution in [0, 0.1) is 11.3 Å². The number of halogens is 1. The zero-order valence-corrected chi connectivity index (χ0v) is 15.8. The Balaban J connectivity index is 0.00000441. The molecule has 0 bridgehead atoms. The Hall–Kier alpha value is -0.320. The fourth-order valence-electron chi connectivity index (χ4n) is 3.27. The van der Waals surface area contributed by atoms with Crippen molar-refractivity contribution in [2.24, 2.45) is 17.1 Å². The van der Waals surface area contributed by atoms with E-state index < -0.39 is 0 Å². The van der Waals surface area contributed by atoms with Gasteiger partial charge in [0.1, 0.15) is 0 Å². The highest BCUT2D eigenvalue weighted by Gasteiger charge is 2.34. The maximum atomic E-state index is 12.8. The van der Waals surface area contributed by atoms with Crippen LogP contribution in [0.15, 0.2) is 0 Å². The summed E-state index contributed by atoms with van der Waals surface area (Å²) in [7, 11) is 4.11. The predicted octanol–water partition coefficient (Wildman–Crippen LogP) is 2.75. The van der Waals surface area contributed by atoms with E-state index in [4.69, 9.17) is 5.73 Å². The Labute approximate surface area is 143 Å². The lowest BCUT2D eigenvalue weighted by molar-refractivity contribution is -0.135. The summed E-state index contributed by atoms with van der Waals surface area (Å²) in [6.07, 6.45) is 6.64. The number of likely N-dealkylation sites (N-methyl/N-ethyl adjacent to an activating group) is 1. The summed E-state index contributed by atoms with van der Waals surface area (Å²) in [6.45, 7) is 7.61. The molecule has 0 spiro atoms. The number of nitrogens with zero attached hydrogens (tertiary/aromatic N) is 2. The largest absolute Gasteiger partial charge is 0.341 e. The van der Waals surface area contributed by atoms with Gasteiger partial charge in [-0.2, -0.15) is 0 Å². The molecule has 0 aliphatic heterocycles. The third-order valence-electron chi connectivity index (χ3n) is 4.63. The van der Waals surface area contributed by atoms with Gasteiger partial charge in [0, 0.05) is 26.1 Å². The minimum absolute atomic E-state index is 0. The topological polar surface area (TPSA) is 49.6 Å². The first-order chi connectivity index (χ1) is 9.88. The number of carbonyl (C=O) groups excluding carboxylic acids is 1. The van der Waals surface area contributed by atoms with Gasteiger partial charge in [0.15, 0.2) is 0 Å². The fraction of sp³-hybridized carbons (Fsp3) is 0.941. The first-order valence-electron chi connectivity index (χ1n) is 8.51. The molecule has 1 aliphatic rings. The maximum Gasteiger partial charge on any atom is 0.223 e. The van der Waals surface area contributed by atoms with Crippen molar-refractivity contribution in [3.63, 3.8) is 0 Å². The van der Waals surface area contributed by atoms with E-state index >= 15 is 0 Å². The van der Waals surface area contributed by atoms with E-state index in [-0.39, 0.29) is 17.8 Å². The van der Waals surface area contributed by atoms with Gasteiger partial charge in [0.2, 0.25) is 5.91 Å². The van der Waals surface area contributed by atoms with E-state index in [1.54, 1.807) is 0 Å². The van der Waals surface area contributed by atoms with Gasteiger partial charge in [-0.15, -0.1) is 12.4 Å². The van der Waals surface area contributed by atoms with Crippen molar-refractivity contribution in [1.82, 2.24) is 9.80 Å². The predicted molar refractivity (Wildman–Crippen MR) is 96.4 cm³/mol. The minimum atomic E-state index is 0. The molecule has 0 saturated heterocycles. The van der Waals surface area contributed by atoms with Crippen LogP contribution in [0.3, 0.4) is 0 Å². The summed E-state index contributed by atoms with van der Waals surface area (Å²) >= 11 is 0.